The first-order valence-corrected chi connectivity index (χ1v) is 7.59. The molecule has 0 bridgehead atoms. The molecule has 0 rings (SSSR count). The zero-order valence-corrected chi connectivity index (χ0v) is 12.7. The number of hydrogen-bond acceptors (Lipinski definition) is 3. The van der Waals surface area contributed by atoms with E-state index in [2.05, 4.69) is 20.8 Å². The van der Waals surface area contributed by atoms with Crippen molar-refractivity contribution in [3.8, 4) is 0 Å². The topological polar surface area (TPSA) is 49.7 Å². The largest absolute Gasteiger partial charge is 0.396 e. The lowest BCUT2D eigenvalue weighted by atomic mass is 10.1. The van der Waals surface area contributed by atoms with Gasteiger partial charge in [-0.05, 0) is 25.7 Å². The van der Waals surface area contributed by atoms with Crippen LogP contribution in [0.4, 0.5) is 0 Å². The number of unbranched alkanes of at least 4 members (excludes halogenated alkanes) is 3. The molecular formula is C15H34O3. The van der Waals surface area contributed by atoms with Crippen LogP contribution >= 0.6 is 0 Å². The summed E-state index contributed by atoms with van der Waals surface area (Å²) in [6, 6.07) is 0. The Morgan fingerprint density at radius 3 is 1.72 bits per heavy atom. The minimum atomic E-state index is -0.282. The Bertz CT molecular complexity index is 123. The molecule has 1 unspecified atom stereocenters. The van der Waals surface area contributed by atoms with E-state index in [0.717, 1.165) is 32.5 Å². The average Bonchev–Trinajstić information content (AvgIpc) is 2.37. The molecule has 3 heteroatoms. The summed E-state index contributed by atoms with van der Waals surface area (Å²) >= 11 is 0. The molecule has 0 saturated carbocycles. The van der Waals surface area contributed by atoms with Crippen molar-refractivity contribution >= 4 is 0 Å². The van der Waals surface area contributed by atoms with E-state index in [1.165, 1.54) is 25.7 Å². The Morgan fingerprint density at radius 1 is 0.833 bits per heavy atom. The van der Waals surface area contributed by atoms with E-state index in [4.69, 9.17) is 14.9 Å². The summed E-state index contributed by atoms with van der Waals surface area (Å²) in [6.45, 7) is 8.47. The van der Waals surface area contributed by atoms with Gasteiger partial charge in [0.2, 0.25) is 0 Å². The zero-order valence-electron chi connectivity index (χ0n) is 12.7. The Morgan fingerprint density at radius 2 is 1.33 bits per heavy atom. The second-order valence-corrected chi connectivity index (χ2v) is 4.63. The Kier molecular flexibility index (Phi) is 21.6. The van der Waals surface area contributed by atoms with Crippen molar-refractivity contribution in [2.45, 2.75) is 78.2 Å². The molecule has 0 aliphatic rings. The van der Waals surface area contributed by atoms with Gasteiger partial charge in [-0.2, -0.15) is 0 Å². The number of rotatable bonds is 11. The highest BCUT2D eigenvalue weighted by Gasteiger charge is 1.99. The normalized spacial score (nSPS) is 11.8. The van der Waals surface area contributed by atoms with Gasteiger partial charge >= 0.3 is 0 Å². The Labute approximate surface area is 114 Å². The van der Waals surface area contributed by atoms with Crippen molar-refractivity contribution in [2.24, 2.45) is 0 Å². The van der Waals surface area contributed by atoms with Crippen LogP contribution in [-0.2, 0) is 4.74 Å². The summed E-state index contributed by atoms with van der Waals surface area (Å²) < 4.78 is 5.31. The maximum atomic E-state index is 9.02. The van der Waals surface area contributed by atoms with Gasteiger partial charge < -0.3 is 14.9 Å². The average molecular weight is 262 g/mol. The Balaban J connectivity index is 0. The van der Waals surface area contributed by atoms with Crippen molar-refractivity contribution in [1.29, 1.82) is 0 Å². The lowest BCUT2D eigenvalue weighted by Crippen LogP contribution is -2.07. The van der Waals surface area contributed by atoms with Crippen molar-refractivity contribution in [3.63, 3.8) is 0 Å². The van der Waals surface area contributed by atoms with E-state index in [9.17, 15) is 0 Å². The first-order valence-electron chi connectivity index (χ1n) is 7.59. The smallest absolute Gasteiger partial charge is 0.0562 e. The summed E-state index contributed by atoms with van der Waals surface area (Å²) in [5, 5.41) is 17.4. The van der Waals surface area contributed by atoms with Gasteiger partial charge in [0, 0.05) is 19.8 Å². The standard InChI is InChI=1S/C8H18O.C7H16O2/c1-3-5-7-9-8-6-4-2;1-2-3-4-7(9)5-6-8/h3-8H2,1-2H3;7-9H,2-6H2,1H3. The molecule has 0 radical (unpaired) electrons. The third-order valence-electron chi connectivity index (χ3n) is 2.64. The Hall–Kier alpha value is -0.120. The minimum Gasteiger partial charge on any atom is -0.396 e. The monoisotopic (exact) mass is 262 g/mol. The van der Waals surface area contributed by atoms with E-state index in [0.29, 0.717) is 6.42 Å². The molecule has 0 aliphatic carbocycles. The van der Waals surface area contributed by atoms with Crippen molar-refractivity contribution in [2.75, 3.05) is 19.8 Å². The molecule has 18 heavy (non-hydrogen) atoms. The third kappa shape index (κ3) is 21.2. The summed E-state index contributed by atoms with van der Waals surface area (Å²) in [6.07, 6.45) is 8.15. The van der Waals surface area contributed by atoms with Gasteiger partial charge in [0.25, 0.3) is 0 Å². The molecule has 0 fully saturated rings. The minimum absolute atomic E-state index is 0.102. The fourth-order valence-corrected chi connectivity index (χ4v) is 1.33. The van der Waals surface area contributed by atoms with Crippen LogP contribution in [0.1, 0.15) is 72.1 Å². The van der Waals surface area contributed by atoms with E-state index < -0.39 is 0 Å². The molecule has 0 aromatic carbocycles. The lowest BCUT2D eigenvalue weighted by Gasteiger charge is -2.05. The van der Waals surface area contributed by atoms with Crippen molar-refractivity contribution in [3.05, 3.63) is 0 Å². The first kappa shape index (κ1) is 20.2. The fourth-order valence-electron chi connectivity index (χ4n) is 1.33. The number of hydrogen-bond donors (Lipinski definition) is 2. The van der Waals surface area contributed by atoms with Gasteiger partial charge in [0.15, 0.2) is 0 Å². The summed E-state index contributed by atoms with van der Waals surface area (Å²) in [5.74, 6) is 0. The molecule has 3 nitrogen and oxygen atoms in total. The molecule has 2 N–H and O–H groups in total. The van der Waals surface area contributed by atoms with Crippen LogP contribution in [0.3, 0.4) is 0 Å². The van der Waals surface area contributed by atoms with Gasteiger partial charge in [-0.15, -0.1) is 0 Å². The third-order valence-corrected chi connectivity index (χ3v) is 2.64. The molecule has 0 aromatic rings. The van der Waals surface area contributed by atoms with Gasteiger partial charge in [-0.25, -0.2) is 0 Å². The summed E-state index contributed by atoms with van der Waals surface area (Å²) in [7, 11) is 0. The van der Waals surface area contributed by atoms with E-state index >= 15 is 0 Å². The van der Waals surface area contributed by atoms with E-state index in [-0.39, 0.29) is 12.7 Å². The van der Waals surface area contributed by atoms with Crippen molar-refractivity contribution < 1.29 is 14.9 Å². The zero-order chi connectivity index (χ0) is 14.1. The van der Waals surface area contributed by atoms with Gasteiger partial charge in [-0.1, -0.05) is 46.5 Å². The number of ether oxygens (including phenoxy) is 1. The second-order valence-electron chi connectivity index (χ2n) is 4.63. The quantitative estimate of drug-likeness (QED) is 0.560. The highest BCUT2D eigenvalue weighted by Crippen LogP contribution is 2.02. The molecule has 0 saturated heterocycles. The first-order chi connectivity index (χ1) is 8.72. The van der Waals surface area contributed by atoms with Crippen LogP contribution in [0.15, 0.2) is 0 Å². The highest BCUT2D eigenvalue weighted by molar-refractivity contribution is 4.53. The van der Waals surface area contributed by atoms with E-state index in [1.807, 2.05) is 0 Å². The summed E-state index contributed by atoms with van der Waals surface area (Å²) in [5.41, 5.74) is 0. The SMILES string of the molecule is CCCCC(O)CCO.CCCCOCCCC. The molecule has 0 spiro atoms. The predicted octanol–water partition coefficient (Wildman–Crippen LogP) is 3.52. The molecule has 0 heterocycles. The fraction of sp³-hybridized carbons (Fsp3) is 1.00. The van der Waals surface area contributed by atoms with E-state index in [1.54, 1.807) is 0 Å². The molecule has 1 atom stereocenters. The predicted molar refractivity (Wildman–Crippen MR) is 77.9 cm³/mol. The van der Waals surface area contributed by atoms with Crippen LogP contribution in [0.25, 0.3) is 0 Å². The number of aliphatic hydroxyl groups excluding tert-OH is 2. The molecule has 112 valence electrons. The highest BCUT2D eigenvalue weighted by atomic mass is 16.5. The molecule has 0 aromatic heterocycles. The van der Waals surface area contributed by atoms with Gasteiger partial charge in [0.05, 0.1) is 6.10 Å². The molecular weight excluding hydrogens is 228 g/mol. The maximum Gasteiger partial charge on any atom is 0.0562 e. The molecule has 0 amide bonds. The van der Waals surface area contributed by atoms with Crippen LogP contribution in [0.2, 0.25) is 0 Å². The van der Waals surface area contributed by atoms with Crippen LogP contribution in [-0.4, -0.2) is 36.1 Å². The summed E-state index contributed by atoms with van der Waals surface area (Å²) in [4.78, 5) is 0. The van der Waals surface area contributed by atoms with Gasteiger partial charge in [0.1, 0.15) is 0 Å². The molecule has 0 aliphatic heterocycles. The number of aliphatic hydroxyl groups is 2. The van der Waals surface area contributed by atoms with Crippen molar-refractivity contribution in [1.82, 2.24) is 0 Å². The maximum absolute atomic E-state index is 9.02. The lowest BCUT2D eigenvalue weighted by molar-refractivity contribution is 0.123. The van der Waals surface area contributed by atoms with Gasteiger partial charge in [-0.3, -0.25) is 0 Å². The van der Waals surface area contributed by atoms with Crippen LogP contribution in [0, 0.1) is 0 Å². The second kappa shape index (κ2) is 19.2. The van der Waals surface area contributed by atoms with Crippen LogP contribution < -0.4 is 0 Å². The van der Waals surface area contributed by atoms with Crippen LogP contribution in [0.5, 0.6) is 0 Å².